The van der Waals surface area contributed by atoms with Crippen molar-refractivity contribution in [2.75, 3.05) is 6.61 Å². The van der Waals surface area contributed by atoms with Crippen LogP contribution in [0.15, 0.2) is 43.0 Å². The average Bonchev–Trinajstić information content (AvgIpc) is 2.51. The first kappa shape index (κ1) is 19.5. The van der Waals surface area contributed by atoms with Crippen LogP contribution in [0.25, 0.3) is 16.3 Å². The first-order chi connectivity index (χ1) is 11.3. The maximum atomic E-state index is 12.9. The van der Waals surface area contributed by atoms with Crippen LogP contribution < -0.4 is 0 Å². The number of aliphatic hydroxyl groups is 1. The van der Waals surface area contributed by atoms with E-state index in [2.05, 4.69) is 6.58 Å². The van der Waals surface area contributed by atoms with E-state index in [0.717, 1.165) is 27.5 Å². The molecule has 0 heterocycles. The zero-order valence-corrected chi connectivity index (χ0v) is 14.9. The van der Waals surface area contributed by atoms with Gasteiger partial charge < -0.3 is 9.84 Å². The summed E-state index contributed by atoms with van der Waals surface area (Å²) in [4.78, 5) is 0. The van der Waals surface area contributed by atoms with Crippen LogP contribution >= 0.6 is 0 Å². The Labute approximate surface area is 145 Å². The van der Waals surface area contributed by atoms with E-state index in [1.54, 1.807) is 13.8 Å². The van der Waals surface area contributed by atoms with Gasteiger partial charge in [-0.05, 0) is 61.7 Å². The van der Waals surface area contributed by atoms with Crippen LogP contribution in [0.2, 0.25) is 0 Å². The molecule has 0 fully saturated rings. The number of allylic oxidation sites excluding steroid dienone is 1. The second-order valence-corrected chi connectivity index (χ2v) is 7.10. The average molecular weight is 352 g/mol. The van der Waals surface area contributed by atoms with Crippen LogP contribution in [-0.2, 0) is 10.3 Å². The molecule has 2 aromatic carbocycles. The molecular weight excluding hydrogens is 329 g/mol. The molecule has 0 aliphatic rings. The molecule has 0 spiro atoms. The molecule has 1 atom stereocenters. The largest absolute Gasteiger partial charge is 0.419 e. The fourth-order valence-electron chi connectivity index (χ4n) is 2.54. The minimum Gasteiger partial charge on any atom is -0.379 e. The molecule has 136 valence electrons. The number of ether oxygens (including phenoxy) is 1. The predicted octanol–water partition coefficient (Wildman–Crippen LogP) is 5.44. The number of alkyl halides is 3. The lowest BCUT2D eigenvalue weighted by Gasteiger charge is -2.33. The van der Waals surface area contributed by atoms with E-state index in [1.165, 1.54) is 0 Å². The molecule has 2 nitrogen and oxygen atoms in total. The van der Waals surface area contributed by atoms with Crippen LogP contribution in [0.3, 0.4) is 0 Å². The minimum atomic E-state index is -4.76. The van der Waals surface area contributed by atoms with Crippen molar-refractivity contribution in [1.29, 1.82) is 0 Å². The molecule has 2 rings (SSSR count). The van der Waals surface area contributed by atoms with Crippen LogP contribution in [0.5, 0.6) is 0 Å². The summed E-state index contributed by atoms with van der Waals surface area (Å²) in [6.07, 6.45) is -4.76. The van der Waals surface area contributed by atoms with Gasteiger partial charge >= 0.3 is 6.18 Å². The van der Waals surface area contributed by atoms with Crippen LogP contribution in [0.4, 0.5) is 13.2 Å². The smallest absolute Gasteiger partial charge is 0.379 e. The van der Waals surface area contributed by atoms with E-state index in [0.29, 0.717) is 6.92 Å². The van der Waals surface area contributed by atoms with Crippen LogP contribution in [0, 0.1) is 0 Å². The van der Waals surface area contributed by atoms with Gasteiger partial charge in [0.25, 0.3) is 0 Å². The molecule has 0 amide bonds. The van der Waals surface area contributed by atoms with E-state index in [1.807, 2.05) is 43.3 Å². The fraction of sp³-hybridized carbons (Fsp3) is 0.400. The molecule has 25 heavy (non-hydrogen) atoms. The van der Waals surface area contributed by atoms with Gasteiger partial charge in [-0.1, -0.05) is 36.4 Å². The summed E-state index contributed by atoms with van der Waals surface area (Å²) in [6, 6.07) is 11.5. The molecular formula is C20H23F3O2. The number of benzene rings is 2. The normalized spacial score (nSPS) is 15.2. The molecule has 1 N–H and O–H groups in total. The standard InChI is InChI=1S/C20H23F3O2/c1-13(2)15-10-14-8-6-7-9-16(14)17(11-15)18(3,4)25-12-19(5,24)20(21,22)23/h6-11,24H,1,12H2,2-5H3. The number of rotatable bonds is 5. The van der Waals surface area contributed by atoms with E-state index >= 15 is 0 Å². The van der Waals surface area contributed by atoms with Gasteiger partial charge in [-0.3, -0.25) is 0 Å². The quantitative estimate of drug-likeness (QED) is 0.777. The van der Waals surface area contributed by atoms with Crippen LogP contribution in [-0.4, -0.2) is 23.5 Å². The summed E-state index contributed by atoms with van der Waals surface area (Å²) in [5.74, 6) is 0. The molecule has 0 bridgehead atoms. The number of hydrogen-bond acceptors (Lipinski definition) is 2. The van der Waals surface area contributed by atoms with Gasteiger partial charge in [0.05, 0.1) is 12.2 Å². The monoisotopic (exact) mass is 352 g/mol. The van der Waals surface area contributed by atoms with Crippen molar-refractivity contribution < 1.29 is 23.0 Å². The summed E-state index contributed by atoms with van der Waals surface area (Å²) in [5.41, 5.74) is -1.44. The second kappa shape index (κ2) is 6.46. The number of halogens is 3. The summed E-state index contributed by atoms with van der Waals surface area (Å²) < 4.78 is 44.2. The number of fused-ring (bicyclic) bond motifs is 1. The van der Waals surface area contributed by atoms with Crippen molar-refractivity contribution in [2.45, 2.75) is 45.1 Å². The highest BCUT2D eigenvalue weighted by atomic mass is 19.4. The summed E-state index contributed by atoms with van der Waals surface area (Å²) in [6.45, 7) is 9.07. The lowest BCUT2D eigenvalue weighted by molar-refractivity contribution is -0.276. The lowest BCUT2D eigenvalue weighted by Crippen LogP contribution is -2.47. The minimum absolute atomic E-state index is 0.714. The first-order valence-corrected chi connectivity index (χ1v) is 7.97. The third-order valence-electron chi connectivity index (χ3n) is 4.33. The van der Waals surface area contributed by atoms with Crippen molar-refractivity contribution in [3.63, 3.8) is 0 Å². The van der Waals surface area contributed by atoms with Gasteiger partial charge in [-0.25, -0.2) is 0 Å². The van der Waals surface area contributed by atoms with Gasteiger partial charge in [0.1, 0.15) is 0 Å². The van der Waals surface area contributed by atoms with Crippen molar-refractivity contribution in [3.8, 4) is 0 Å². The Bertz CT molecular complexity index is 789. The van der Waals surface area contributed by atoms with Gasteiger partial charge in [0, 0.05) is 0 Å². The third-order valence-corrected chi connectivity index (χ3v) is 4.33. The van der Waals surface area contributed by atoms with E-state index in [4.69, 9.17) is 4.74 Å². The Morgan fingerprint density at radius 1 is 1.12 bits per heavy atom. The highest BCUT2D eigenvalue weighted by molar-refractivity contribution is 5.89. The molecule has 0 saturated carbocycles. The molecule has 2 aromatic rings. The maximum Gasteiger partial charge on any atom is 0.419 e. The zero-order chi connectivity index (χ0) is 19.0. The Hall–Kier alpha value is -1.85. The lowest BCUT2D eigenvalue weighted by atomic mass is 9.89. The van der Waals surface area contributed by atoms with Crippen molar-refractivity contribution in [3.05, 3.63) is 54.1 Å². The predicted molar refractivity (Wildman–Crippen MR) is 94.3 cm³/mol. The zero-order valence-electron chi connectivity index (χ0n) is 14.9. The van der Waals surface area contributed by atoms with Crippen LogP contribution in [0.1, 0.15) is 38.8 Å². The highest BCUT2D eigenvalue weighted by Gasteiger charge is 2.51. The van der Waals surface area contributed by atoms with E-state index < -0.39 is 24.0 Å². The number of hydrogen-bond donors (Lipinski definition) is 1. The van der Waals surface area contributed by atoms with Gasteiger partial charge in [-0.15, -0.1) is 0 Å². The topological polar surface area (TPSA) is 29.5 Å². The Morgan fingerprint density at radius 2 is 1.72 bits per heavy atom. The molecule has 0 aromatic heterocycles. The first-order valence-electron chi connectivity index (χ1n) is 7.97. The fourth-order valence-corrected chi connectivity index (χ4v) is 2.54. The third kappa shape index (κ3) is 4.05. The Morgan fingerprint density at radius 3 is 2.28 bits per heavy atom. The molecule has 0 aliphatic heterocycles. The summed E-state index contributed by atoms with van der Waals surface area (Å²) in [5, 5.41) is 11.5. The maximum absolute atomic E-state index is 12.9. The van der Waals surface area contributed by atoms with Gasteiger partial charge in [0.15, 0.2) is 5.60 Å². The van der Waals surface area contributed by atoms with Gasteiger partial charge in [0.2, 0.25) is 0 Å². The molecule has 0 radical (unpaired) electrons. The Balaban J connectivity index is 2.46. The van der Waals surface area contributed by atoms with E-state index in [-0.39, 0.29) is 0 Å². The summed E-state index contributed by atoms with van der Waals surface area (Å²) in [7, 11) is 0. The second-order valence-electron chi connectivity index (χ2n) is 7.10. The molecule has 5 heteroatoms. The Kier molecular flexibility index (Phi) is 5.04. The molecule has 0 saturated heterocycles. The highest BCUT2D eigenvalue weighted by Crippen LogP contribution is 2.37. The molecule has 0 aliphatic carbocycles. The van der Waals surface area contributed by atoms with E-state index in [9.17, 15) is 18.3 Å². The summed E-state index contributed by atoms with van der Waals surface area (Å²) >= 11 is 0. The van der Waals surface area contributed by atoms with Gasteiger partial charge in [-0.2, -0.15) is 13.2 Å². The SMILES string of the molecule is C=C(C)c1cc(C(C)(C)OCC(C)(O)C(F)(F)F)c2ccccc2c1. The van der Waals surface area contributed by atoms with Crippen molar-refractivity contribution in [1.82, 2.24) is 0 Å². The molecule has 1 unspecified atom stereocenters. The van der Waals surface area contributed by atoms with Crippen molar-refractivity contribution in [2.24, 2.45) is 0 Å². The van der Waals surface area contributed by atoms with Crippen molar-refractivity contribution >= 4 is 16.3 Å².